The number of aliphatic hydroxyl groups excluding tert-OH is 1. The van der Waals surface area contributed by atoms with Crippen molar-refractivity contribution in [3.63, 3.8) is 0 Å². The molecule has 1 saturated heterocycles. The van der Waals surface area contributed by atoms with Crippen molar-refractivity contribution in [2.24, 2.45) is 0 Å². The van der Waals surface area contributed by atoms with Crippen LogP contribution in [0.1, 0.15) is 18.4 Å². The Bertz CT molecular complexity index is 372. The minimum absolute atomic E-state index is 0.127. The number of ether oxygens (including phenoxy) is 3. The lowest BCUT2D eigenvalue weighted by atomic mass is 10.1. The molecular formula is C14H20O4. The van der Waals surface area contributed by atoms with E-state index in [0.717, 1.165) is 42.9 Å². The molecule has 1 aliphatic heterocycles. The summed E-state index contributed by atoms with van der Waals surface area (Å²) in [6.45, 7) is 1.62. The second-order valence-corrected chi connectivity index (χ2v) is 4.42. The third-order valence-corrected chi connectivity index (χ3v) is 3.03. The molecule has 1 atom stereocenters. The molecule has 1 unspecified atom stereocenters. The fourth-order valence-electron chi connectivity index (χ4n) is 2.03. The van der Waals surface area contributed by atoms with Crippen LogP contribution in [0.4, 0.5) is 0 Å². The predicted octanol–water partition coefficient (Wildman–Crippen LogP) is 1.79. The zero-order valence-corrected chi connectivity index (χ0v) is 10.7. The Balaban J connectivity index is 2.04. The van der Waals surface area contributed by atoms with Gasteiger partial charge in [-0.05, 0) is 30.5 Å². The molecule has 4 heteroatoms. The number of rotatable bonds is 6. The second-order valence-electron chi connectivity index (χ2n) is 4.42. The van der Waals surface area contributed by atoms with Crippen LogP contribution in [-0.2, 0) is 11.2 Å². The maximum Gasteiger partial charge on any atom is 0.161 e. The summed E-state index contributed by atoms with van der Waals surface area (Å²) in [7, 11) is 1.64. The summed E-state index contributed by atoms with van der Waals surface area (Å²) in [6, 6.07) is 5.92. The Morgan fingerprint density at radius 3 is 2.94 bits per heavy atom. The van der Waals surface area contributed by atoms with Crippen molar-refractivity contribution in [3.8, 4) is 11.5 Å². The van der Waals surface area contributed by atoms with Crippen LogP contribution < -0.4 is 9.47 Å². The summed E-state index contributed by atoms with van der Waals surface area (Å²) < 4.78 is 16.5. The lowest BCUT2D eigenvalue weighted by molar-refractivity contribution is 0.138. The summed E-state index contributed by atoms with van der Waals surface area (Å²) in [5.74, 6) is 1.51. The predicted molar refractivity (Wildman–Crippen MR) is 68.3 cm³/mol. The summed E-state index contributed by atoms with van der Waals surface area (Å²) in [5, 5.41) is 8.83. The first-order chi connectivity index (χ1) is 8.83. The largest absolute Gasteiger partial charge is 0.493 e. The van der Waals surface area contributed by atoms with Crippen molar-refractivity contribution >= 4 is 0 Å². The third-order valence-electron chi connectivity index (χ3n) is 3.03. The molecule has 1 aliphatic rings. The van der Waals surface area contributed by atoms with E-state index in [9.17, 15) is 0 Å². The maximum absolute atomic E-state index is 8.83. The minimum atomic E-state index is 0.127. The molecule has 2 rings (SSSR count). The molecule has 18 heavy (non-hydrogen) atoms. The number of hydrogen-bond acceptors (Lipinski definition) is 4. The first-order valence-electron chi connectivity index (χ1n) is 6.35. The van der Waals surface area contributed by atoms with Crippen molar-refractivity contribution in [1.82, 2.24) is 0 Å². The molecular weight excluding hydrogens is 232 g/mol. The van der Waals surface area contributed by atoms with Crippen molar-refractivity contribution in [3.05, 3.63) is 23.8 Å². The van der Waals surface area contributed by atoms with Crippen LogP contribution in [0.2, 0.25) is 0 Å². The molecule has 1 fully saturated rings. The van der Waals surface area contributed by atoms with Gasteiger partial charge in [0.1, 0.15) is 6.10 Å². The van der Waals surface area contributed by atoms with Crippen molar-refractivity contribution in [2.75, 3.05) is 26.9 Å². The zero-order chi connectivity index (χ0) is 12.8. The van der Waals surface area contributed by atoms with Crippen molar-refractivity contribution in [2.45, 2.75) is 25.4 Å². The molecule has 0 spiro atoms. The van der Waals surface area contributed by atoms with Gasteiger partial charge >= 0.3 is 0 Å². The molecule has 1 N–H and O–H groups in total. The SMILES string of the molecule is COc1cc(CCCO)ccc1OC1CCOC1. The van der Waals surface area contributed by atoms with Gasteiger partial charge in [-0.3, -0.25) is 0 Å². The molecule has 4 nitrogen and oxygen atoms in total. The number of aliphatic hydroxyl groups is 1. The standard InChI is InChI=1S/C14H20O4/c1-16-14-9-11(3-2-7-15)4-5-13(14)18-12-6-8-17-10-12/h4-5,9,12,15H,2-3,6-8,10H2,1H3. The molecule has 0 saturated carbocycles. The average Bonchev–Trinajstić information content (AvgIpc) is 2.90. The van der Waals surface area contributed by atoms with Gasteiger partial charge in [-0.15, -0.1) is 0 Å². The van der Waals surface area contributed by atoms with Crippen molar-refractivity contribution in [1.29, 1.82) is 0 Å². The Morgan fingerprint density at radius 1 is 1.39 bits per heavy atom. The van der Waals surface area contributed by atoms with Crippen LogP contribution in [0.15, 0.2) is 18.2 Å². The lowest BCUT2D eigenvalue weighted by Crippen LogP contribution is -2.16. The molecule has 0 bridgehead atoms. The normalized spacial score (nSPS) is 18.9. The van der Waals surface area contributed by atoms with E-state index >= 15 is 0 Å². The highest BCUT2D eigenvalue weighted by Gasteiger charge is 2.19. The van der Waals surface area contributed by atoms with E-state index in [1.807, 2.05) is 18.2 Å². The highest BCUT2D eigenvalue weighted by atomic mass is 16.6. The monoisotopic (exact) mass is 252 g/mol. The van der Waals surface area contributed by atoms with E-state index < -0.39 is 0 Å². The summed E-state index contributed by atoms with van der Waals surface area (Å²) in [6.07, 6.45) is 2.66. The molecule has 1 aromatic rings. The summed E-state index contributed by atoms with van der Waals surface area (Å²) in [4.78, 5) is 0. The number of benzene rings is 1. The second kappa shape index (κ2) is 6.61. The molecule has 0 amide bonds. The molecule has 1 aromatic carbocycles. The number of aryl methyl sites for hydroxylation is 1. The number of hydrogen-bond donors (Lipinski definition) is 1. The third kappa shape index (κ3) is 3.37. The van der Waals surface area contributed by atoms with E-state index in [-0.39, 0.29) is 12.7 Å². The van der Waals surface area contributed by atoms with Crippen LogP contribution in [0.3, 0.4) is 0 Å². The van der Waals surface area contributed by atoms with Gasteiger partial charge in [0.2, 0.25) is 0 Å². The Labute approximate surface area is 107 Å². The first-order valence-corrected chi connectivity index (χ1v) is 6.35. The highest BCUT2D eigenvalue weighted by Crippen LogP contribution is 2.30. The summed E-state index contributed by atoms with van der Waals surface area (Å²) >= 11 is 0. The Hall–Kier alpha value is -1.26. The van der Waals surface area contributed by atoms with Gasteiger partial charge in [0.25, 0.3) is 0 Å². The van der Waals surface area contributed by atoms with Gasteiger partial charge < -0.3 is 19.3 Å². The van der Waals surface area contributed by atoms with E-state index in [4.69, 9.17) is 19.3 Å². The quantitative estimate of drug-likeness (QED) is 0.838. The van der Waals surface area contributed by atoms with Gasteiger partial charge in [-0.25, -0.2) is 0 Å². The number of methoxy groups -OCH3 is 1. The van der Waals surface area contributed by atoms with E-state index in [1.54, 1.807) is 7.11 Å². The van der Waals surface area contributed by atoms with Gasteiger partial charge in [0.05, 0.1) is 20.3 Å². The topological polar surface area (TPSA) is 47.9 Å². The lowest BCUT2D eigenvalue weighted by Gasteiger charge is -2.15. The average molecular weight is 252 g/mol. The zero-order valence-electron chi connectivity index (χ0n) is 10.7. The Kier molecular flexibility index (Phi) is 4.84. The Morgan fingerprint density at radius 2 is 2.28 bits per heavy atom. The fraction of sp³-hybridized carbons (Fsp3) is 0.571. The minimum Gasteiger partial charge on any atom is -0.493 e. The van der Waals surface area contributed by atoms with Crippen LogP contribution in [0.25, 0.3) is 0 Å². The van der Waals surface area contributed by atoms with Crippen LogP contribution in [-0.4, -0.2) is 38.1 Å². The molecule has 0 radical (unpaired) electrons. The highest BCUT2D eigenvalue weighted by molar-refractivity contribution is 5.43. The van der Waals surface area contributed by atoms with Crippen LogP contribution in [0.5, 0.6) is 11.5 Å². The molecule has 0 aliphatic carbocycles. The van der Waals surface area contributed by atoms with Crippen LogP contribution in [0, 0.1) is 0 Å². The molecule has 0 aromatic heterocycles. The van der Waals surface area contributed by atoms with Gasteiger partial charge in [-0.2, -0.15) is 0 Å². The molecule has 100 valence electrons. The smallest absolute Gasteiger partial charge is 0.161 e. The van der Waals surface area contributed by atoms with E-state index in [0.29, 0.717) is 6.61 Å². The van der Waals surface area contributed by atoms with Gasteiger partial charge in [-0.1, -0.05) is 6.07 Å². The fourth-order valence-corrected chi connectivity index (χ4v) is 2.03. The first kappa shape index (κ1) is 13.2. The van der Waals surface area contributed by atoms with Crippen LogP contribution >= 0.6 is 0 Å². The van der Waals surface area contributed by atoms with Gasteiger partial charge in [0, 0.05) is 13.0 Å². The summed E-state index contributed by atoms with van der Waals surface area (Å²) in [5.41, 5.74) is 1.15. The molecule has 1 heterocycles. The maximum atomic E-state index is 8.83. The van der Waals surface area contributed by atoms with E-state index in [1.165, 1.54) is 0 Å². The van der Waals surface area contributed by atoms with E-state index in [2.05, 4.69) is 0 Å². The van der Waals surface area contributed by atoms with Gasteiger partial charge in [0.15, 0.2) is 11.5 Å². The van der Waals surface area contributed by atoms with Crippen molar-refractivity contribution < 1.29 is 19.3 Å².